The number of hydrogen-bond acceptors (Lipinski definition) is 3. The molecule has 0 radical (unpaired) electrons. The Kier molecular flexibility index (Phi) is 2.28. The number of primary amides is 1. The van der Waals surface area contributed by atoms with Crippen molar-refractivity contribution in [2.45, 2.75) is 0 Å². The quantitative estimate of drug-likeness (QED) is 0.812. The first-order valence-corrected chi connectivity index (χ1v) is 4.95. The van der Waals surface area contributed by atoms with Gasteiger partial charge in [-0.25, -0.2) is 4.98 Å². The number of hydrogen-bond donors (Lipinski definition) is 1. The smallest absolute Gasteiger partial charge is 0.248 e. The lowest BCUT2D eigenvalue weighted by molar-refractivity contribution is 0.100. The third-order valence-corrected chi connectivity index (χ3v) is 2.67. The summed E-state index contributed by atoms with van der Waals surface area (Å²) in [5.41, 5.74) is 6.65. The first-order valence-electron chi connectivity index (χ1n) is 4.07. The highest BCUT2D eigenvalue weighted by atomic mass is 32.1. The molecule has 1 aromatic carbocycles. The molecule has 0 aliphatic carbocycles. The average Bonchev–Trinajstić information content (AvgIpc) is 2.71. The lowest BCUT2D eigenvalue weighted by Gasteiger charge is -1.97. The number of thiazole rings is 1. The lowest BCUT2D eigenvalue weighted by atomic mass is 10.1. The maximum atomic E-state index is 10.8. The number of carbonyl (C=O) groups excluding carboxylic acids is 1. The van der Waals surface area contributed by atoms with Crippen LogP contribution >= 0.6 is 11.3 Å². The van der Waals surface area contributed by atoms with Crippen molar-refractivity contribution in [2.24, 2.45) is 5.73 Å². The molecule has 0 aliphatic heterocycles. The zero-order chi connectivity index (χ0) is 9.97. The van der Waals surface area contributed by atoms with Gasteiger partial charge in [0.15, 0.2) is 0 Å². The van der Waals surface area contributed by atoms with Crippen LogP contribution in [0.2, 0.25) is 0 Å². The average molecular weight is 204 g/mol. The van der Waals surface area contributed by atoms with Crippen LogP contribution in [0.1, 0.15) is 10.4 Å². The van der Waals surface area contributed by atoms with Crippen LogP contribution in [0, 0.1) is 0 Å². The molecule has 4 heteroatoms. The summed E-state index contributed by atoms with van der Waals surface area (Å²) < 4.78 is 0. The molecular formula is C10H8N2OS. The zero-order valence-electron chi connectivity index (χ0n) is 7.31. The fraction of sp³-hybridized carbons (Fsp3) is 0. The molecule has 1 heterocycles. The number of nitrogens with zero attached hydrogens (tertiary/aromatic N) is 1. The predicted molar refractivity (Wildman–Crippen MR) is 56.1 cm³/mol. The molecule has 0 atom stereocenters. The van der Waals surface area contributed by atoms with E-state index >= 15 is 0 Å². The molecule has 1 amide bonds. The summed E-state index contributed by atoms with van der Waals surface area (Å²) in [6, 6.07) is 7.11. The predicted octanol–water partition coefficient (Wildman–Crippen LogP) is 1.91. The standard InChI is InChI=1S/C10H8N2OS/c11-9(13)7-1-3-8(4-2-7)10-12-5-6-14-10/h1-6H,(H2,11,13). The third-order valence-electron chi connectivity index (χ3n) is 1.85. The van der Waals surface area contributed by atoms with Crippen LogP contribution in [0.25, 0.3) is 10.6 Å². The summed E-state index contributed by atoms with van der Waals surface area (Å²) >= 11 is 1.56. The molecule has 0 saturated carbocycles. The third kappa shape index (κ3) is 1.65. The Morgan fingerprint density at radius 3 is 2.50 bits per heavy atom. The van der Waals surface area contributed by atoms with Crippen molar-refractivity contribution in [3.63, 3.8) is 0 Å². The first kappa shape index (κ1) is 8.90. The van der Waals surface area contributed by atoms with E-state index in [4.69, 9.17) is 5.73 Å². The highest BCUT2D eigenvalue weighted by molar-refractivity contribution is 7.13. The molecule has 0 fully saturated rings. The second-order valence-electron chi connectivity index (χ2n) is 2.78. The van der Waals surface area contributed by atoms with Crippen molar-refractivity contribution >= 4 is 17.2 Å². The van der Waals surface area contributed by atoms with Gasteiger partial charge in [-0.2, -0.15) is 0 Å². The molecule has 2 N–H and O–H groups in total. The van der Waals surface area contributed by atoms with Gasteiger partial charge in [-0.1, -0.05) is 12.1 Å². The molecule has 2 rings (SSSR count). The monoisotopic (exact) mass is 204 g/mol. The van der Waals surface area contributed by atoms with Crippen molar-refractivity contribution in [3.8, 4) is 10.6 Å². The van der Waals surface area contributed by atoms with Crippen LogP contribution in [-0.2, 0) is 0 Å². The van der Waals surface area contributed by atoms with E-state index in [9.17, 15) is 4.79 Å². The van der Waals surface area contributed by atoms with Crippen molar-refractivity contribution in [1.29, 1.82) is 0 Å². The Labute approximate surface area is 85.2 Å². The summed E-state index contributed by atoms with van der Waals surface area (Å²) in [7, 11) is 0. The second kappa shape index (κ2) is 3.59. The van der Waals surface area contributed by atoms with Crippen molar-refractivity contribution < 1.29 is 4.79 Å². The molecule has 0 bridgehead atoms. The van der Waals surface area contributed by atoms with Gasteiger partial charge in [0.25, 0.3) is 0 Å². The normalized spacial score (nSPS) is 10.0. The fourth-order valence-corrected chi connectivity index (χ4v) is 1.79. The number of carbonyl (C=O) groups is 1. The minimum Gasteiger partial charge on any atom is -0.366 e. The Morgan fingerprint density at radius 2 is 2.00 bits per heavy atom. The summed E-state index contributed by atoms with van der Waals surface area (Å²) in [5, 5.41) is 2.86. The van der Waals surface area contributed by atoms with Gasteiger partial charge in [-0.05, 0) is 12.1 Å². The molecule has 1 aromatic heterocycles. The number of rotatable bonds is 2. The van der Waals surface area contributed by atoms with Gasteiger partial charge in [0.1, 0.15) is 5.01 Å². The van der Waals surface area contributed by atoms with Crippen molar-refractivity contribution in [1.82, 2.24) is 4.98 Å². The summed E-state index contributed by atoms with van der Waals surface area (Å²) in [6.07, 6.45) is 1.75. The van der Waals surface area contributed by atoms with Crippen LogP contribution in [0.5, 0.6) is 0 Å². The van der Waals surface area contributed by atoms with Crippen LogP contribution in [-0.4, -0.2) is 10.9 Å². The van der Waals surface area contributed by atoms with E-state index in [0.29, 0.717) is 5.56 Å². The van der Waals surface area contributed by atoms with Crippen LogP contribution in [0.15, 0.2) is 35.8 Å². The van der Waals surface area contributed by atoms with E-state index in [1.807, 2.05) is 17.5 Å². The van der Waals surface area contributed by atoms with E-state index in [1.54, 1.807) is 29.7 Å². The van der Waals surface area contributed by atoms with Gasteiger partial charge in [-0.15, -0.1) is 11.3 Å². The molecule has 3 nitrogen and oxygen atoms in total. The number of benzene rings is 1. The highest BCUT2D eigenvalue weighted by Crippen LogP contribution is 2.21. The van der Waals surface area contributed by atoms with Gasteiger partial charge in [0.05, 0.1) is 0 Å². The van der Waals surface area contributed by atoms with Crippen molar-refractivity contribution in [2.75, 3.05) is 0 Å². The Morgan fingerprint density at radius 1 is 1.29 bits per heavy atom. The lowest BCUT2D eigenvalue weighted by Crippen LogP contribution is -2.10. The summed E-state index contributed by atoms with van der Waals surface area (Å²) in [4.78, 5) is 15.0. The van der Waals surface area contributed by atoms with Gasteiger partial charge in [0.2, 0.25) is 5.91 Å². The Hall–Kier alpha value is -1.68. The van der Waals surface area contributed by atoms with E-state index in [0.717, 1.165) is 10.6 Å². The SMILES string of the molecule is NC(=O)c1ccc(-c2nccs2)cc1. The minimum absolute atomic E-state index is 0.407. The van der Waals surface area contributed by atoms with Gasteiger partial charge in [-0.3, -0.25) is 4.79 Å². The molecule has 0 unspecified atom stereocenters. The molecular weight excluding hydrogens is 196 g/mol. The molecule has 2 aromatic rings. The Bertz CT molecular complexity index is 434. The zero-order valence-corrected chi connectivity index (χ0v) is 8.12. The van der Waals surface area contributed by atoms with E-state index in [1.165, 1.54) is 0 Å². The molecule has 0 saturated heterocycles. The van der Waals surface area contributed by atoms with E-state index < -0.39 is 5.91 Å². The summed E-state index contributed by atoms with van der Waals surface area (Å²) in [5.74, 6) is -0.407. The molecule has 70 valence electrons. The molecule has 0 aliphatic rings. The minimum atomic E-state index is -0.407. The number of nitrogens with two attached hydrogens (primary N) is 1. The maximum absolute atomic E-state index is 10.8. The molecule has 0 spiro atoms. The van der Waals surface area contributed by atoms with Gasteiger partial charge >= 0.3 is 0 Å². The van der Waals surface area contributed by atoms with Crippen molar-refractivity contribution in [3.05, 3.63) is 41.4 Å². The fourth-order valence-electron chi connectivity index (χ4n) is 1.14. The van der Waals surface area contributed by atoms with E-state index in [2.05, 4.69) is 4.98 Å². The first-order chi connectivity index (χ1) is 6.77. The van der Waals surface area contributed by atoms with E-state index in [-0.39, 0.29) is 0 Å². The van der Waals surface area contributed by atoms with Gasteiger partial charge < -0.3 is 5.73 Å². The number of amides is 1. The topological polar surface area (TPSA) is 56.0 Å². The van der Waals surface area contributed by atoms with Gasteiger partial charge in [0, 0.05) is 22.7 Å². The van der Waals surface area contributed by atoms with Crippen LogP contribution in [0.3, 0.4) is 0 Å². The second-order valence-corrected chi connectivity index (χ2v) is 3.67. The summed E-state index contributed by atoms with van der Waals surface area (Å²) in [6.45, 7) is 0. The largest absolute Gasteiger partial charge is 0.366 e. The number of aromatic nitrogens is 1. The van der Waals surface area contributed by atoms with Crippen LogP contribution in [0.4, 0.5) is 0 Å². The highest BCUT2D eigenvalue weighted by Gasteiger charge is 2.02. The molecule has 14 heavy (non-hydrogen) atoms. The Balaban J connectivity index is 2.36. The maximum Gasteiger partial charge on any atom is 0.248 e. The van der Waals surface area contributed by atoms with Crippen LogP contribution < -0.4 is 5.73 Å².